The van der Waals surface area contributed by atoms with Crippen molar-refractivity contribution in [3.8, 4) is 11.1 Å². The van der Waals surface area contributed by atoms with Crippen LogP contribution in [0.25, 0.3) is 21.3 Å². The molecule has 1 aliphatic heterocycles. The number of benzene rings is 1. The van der Waals surface area contributed by atoms with Crippen LogP contribution >= 0.6 is 11.3 Å². The second-order valence-electron chi connectivity index (χ2n) is 7.25. The highest BCUT2D eigenvalue weighted by Crippen LogP contribution is 2.37. The Morgan fingerprint density at radius 1 is 1.15 bits per heavy atom. The SMILES string of the molecule is C[C@H](CO)Nc1nc(CN2CCCCC2)nc2scc(-c3ccccc3)c12. The fourth-order valence-electron chi connectivity index (χ4n) is 3.59. The van der Waals surface area contributed by atoms with Crippen molar-refractivity contribution in [2.24, 2.45) is 0 Å². The van der Waals surface area contributed by atoms with Gasteiger partial charge < -0.3 is 10.4 Å². The molecule has 5 nitrogen and oxygen atoms in total. The number of likely N-dealkylation sites (tertiary alicyclic amines) is 1. The molecular weight excluding hydrogens is 356 g/mol. The number of thiophene rings is 1. The van der Waals surface area contributed by atoms with E-state index in [-0.39, 0.29) is 12.6 Å². The molecule has 0 spiro atoms. The van der Waals surface area contributed by atoms with E-state index in [0.29, 0.717) is 0 Å². The largest absolute Gasteiger partial charge is 0.394 e. The Morgan fingerprint density at radius 3 is 2.67 bits per heavy atom. The molecule has 0 unspecified atom stereocenters. The first-order valence-electron chi connectivity index (χ1n) is 9.68. The molecule has 0 bridgehead atoms. The number of rotatable bonds is 6. The Labute approximate surface area is 164 Å². The van der Waals surface area contributed by atoms with Gasteiger partial charge in [-0.05, 0) is 38.4 Å². The molecule has 0 saturated carbocycles. The van der Waals surface area contributed by atoms with Gasteiger partial charge in [-0.15, -0.1) is 11.3 Å². The number of anilines is 1. The molecule has 0 amide bonds. The number of nitrogens with one attached hydrogen (secondary N) is 1. The summed E-state index contributed by atoms with van der Waals surface area (Å²) < 4.78 is 0. The van der Waals surface area contributed by atoms with Crippen molar-refractivity contribution in [3.05, 3.63) is 41.5 Å². The number of hydrogen-bond acceptors (Lipinski definition) is 6. The Morgan fingerprint density at radius 2 is 1.93 bits per heavy atom. The first kappa shape index (κ1) is 18.3. The van der Waals surface area contributed by atoms with E-state index in [1.54, 1.807) is 11.3 Å². The summed E-state index contributed by atoms with van der Waals surface area (Å²) in [4.78, 5) is 13.2. The lowest BCUT2D eigenvalue weighted by molar-refractivity contribution is 0.216. The number of hydrogen-bond donors (Lipinski definition) is 2. The zero-order valence-corrected chi connectivity index (χ0v) is 16.5. The second-order valence-corrected chi connectivity index (χ2v) is 8.11. The van der Waals surface area contributed by atoms with Gasteiger partial charge in [0.1, 0.15) is 16.5 Å². The third-order valence-corrected chi connectivity index (χ3v) is 5.91. The van der Waals surface area contributed by atoms with Crippen LogP contribution in [0.1, 0.15) is 32.0 Å². The van der Waals surface area contributed by atoms with Crippen LogP contribution in [0.5, 0.6) is 0 Å². The molecule has 0 aliphatic carbocycles. The lowest BCUT2D eigenvalue weighted by Crippen LogP contribution is -2.30. The minimum atomic E-state index is -0.0607. The third kappa shape index (κ3) is 4.13. The maximum atomic E-state index is 9.52. The average molecular weight is 383 g/mol. The summed E-state index contributed by atoms with van der Waals surface area (Å²) in [5, 5.41) is 16.1. The van der Waals surface area contributed by atoms with Crippen molar-refractivity contribution in [1.29, 1.82) is 0 Å². The fraction of sp³-hybridized carbons (Fsp3) is 0.429. The van der Waals surface area contributed by atoms with Crippen molar-refractivity contribution in [2.45, 2.75) is 38.8 Å². The van der Waals surface area contributed by atoms with Crippen LogP contribution in [0.2, 0.25) is 0 Å². The van der Waals surface area contributed by atoms with Crippen LogP contribution in [0.15, 0.2) is 35.7 Å². The number of fused-ring (bicyclic) bond motifs is 1. The molecule has 1 fully saturated rings. The Balaban J connectivity index is 1.75. The van der Waals surface area contributed by atoms with Crippen LogP contribution < -0.4 is 5.32 Å². The van der Waals surface area contributed by atoms with Crippen molar-refractivity contribution < 1.29 is 5.11 Å². The number of aliphatic hydroxyl groups is 1. The van der Waals surface area contributed by atoms with Crippen molar-refractivity contribution in [3.63, 3.8) is 0 Å². The summed E-state index contributed by atoms with van der Waals surface area (Å²) in [6.07, 6.45) is 3.83. The number of aliphatic hydroxyl groups excluding tert-OH is 1. The summed E-state index contributed by atoms with van der Waals surface area (Å²) in [5.41, 5.74) is 2.31. The van der Waals surface area contributed by atoms with E-state index in [1.165, 1.54) is 19.3 Å². The summed E-state index contributed by atoms with van der Waals surface area (Å²) in [5.74, 6) is 1.69. The minimum absolute atomic E-state index is 0.0607. The Kier molecular flexibility index (Phi) is 5.66. The van der Waals surface area contributed by atoms with Crippen LogP contribution in [-0.2, 0) is 6.54 Å². The van der Waals surface area contributed by atoms with E-state index >= 15 is 0 Å². The zero-order chi connectivity index (χ0) is 18.6. The predicted molar refractivity (Wildman–Crippen MR) is 112 cm³/mol. The van der Waals surface area contributed by atoms with Gasteiger partial charge in [-0.2, -0.15) is 0 Å². The van der Waals surface area contributed by atoms with Gasteiger partial charge in [0.05, 0.1) is 18.5 Å². The monoisotopic (exact) mass is 382 g/mol. The lowest BCUT2D eigenvalue weighted by Gasteiger charge is -2.25. The van der Waals surface area contributed by atoms with Gasteiger partial charge in [-0.25, -0.2) is 9.97 Å². The Hall–Kier alpha value is -2.02. The summed E-state index contributed by atoms with van der Waals surface area (Å²) >= 11 is 1.66. The second kappa shape index (κ2) is 8.33. The summed E-state index contributed by atoms with van der Waals surface area (Å²) in [6, 6.07) is 10.3. The molecule has 0 radical (unpaired) electrons. The maximum Gasteiger partial charge on any atom is 0.146 e. The van der Waals surface area contributed by atoms with Gasteiger partial charge in [0.2, 0.25) is 0 Å². The normalized spacial score (nSPS) is 16.5. The molecule has 1 atom stereocenters. The van der Waals surface area contributed by atoms with Gasteiger partial charge in [0.15, 0.2) is 0 Å². The van der Waals surface area contributed by atoms with Crippen molar-refractivity contribution in [1.82, 2.24) is 14.9 Å². The maximum absolute atomic E-state index is 9.52. The van der Waals surface area contributed by atoms with Crippen molar-refractivity contribution in [2.75, 3.05) is 25.0 Å². The van der Waals surface area contributed by atoms with Crippen LogP contribution in [0, 0.1) is 0 Å². The molecule has 142 valence electrons. The minimum Gasteiger partial charge on any atom is -0.394 e. The van der Waals surface area contributed by atoms with E-state index in [0.717, 1.165) is 52.6 Å². The molecule has 1 saturated heterocycles. The third-order valence-electron chi connectivity index (χ3n) is 5.04. The molecule has 2 N–H and O–H groups in total. The molecule has 2 aromatic heterocycles. The van der Waals surface area contributed by atoms with Crippen LogP contribution in [0.3, 0.4) is 0 Å². The highest BCUT2D eigenvalue weighted by molar-refractivity contribution is 7.17. The quantitative estimate of drug-likeness (QED) is 0.671. The molecule has 1 aromatic carbocycles. The summed E-state index contributed by atoms with van der Waals surface area (Å²) in [7, 11) is 0. The van der Waals surface area contributed by atoms with Crippen LogP contribution in [0.4, 0.5) is 5.82 Å². The molecular formula is C21H26N4OS. The van der Waals surface area contributed by atoms with E-state index in [1.807, 2.05) is 25.1 Å². The molecule has 27 heavy (non-hydrogen) atoms. The van der Waals surface area contributed by atoms with Gasteiger partial charge in [0, 0.05) is 17.0 Å². The van der Waals surface area contributed by atoms with E-state index in [2.05, 4.69) is 27.7 Å². The van der Waals surface area contributed by atoms with E-state index in [4.69, 9.17) is 9.97 Å². The van der Waals surface area contributed by atoms with Crippen molar-refractivity contribution >= 4 is 27.4 Å². The summed E-state index contributed by atoms with van der Waals surface area (Å²) in [6.45, 7) is 5.06. The van der Waals surface area contributed by atoms with Gasteiger partial charge in [-0.3, -0.25) is 4.90 Å². The smallest absolute Gasteiger partial charge is 0.146 e. The number of piperidine rings is 1. The highest BCUT2D eigenvalue weighted by atomic mass is 32.1. The standard InChI is InChI=1S/C21H26N4OS/c1-15(13-26)22-20-19-17(16-8-4-2-5-9-16)14-27-21(19)24-18(23-20)12-25-10-6-3-7-11-25/h2,4-5,8-9,14-15,26H,3,6-7,10-13H2,1H3,(H,22,23,24)/t15-/m1/s1. The van der Waals surface area contributed by atoms with Gasteiger partial charge >= 0.3 is 0 Å². The first-order valence-corrected chi connectivity index (χ1v) is 10.6. The highest BCUT2D eigenvalue weighted by Gasteiger charge is 2.18. The molecule has 4 rings (SSSR count). The van der Waals surface area contributed by atoms with Gasteiger partial charge in [0.25, 0.3) is 0 Å². The number of nitrogens with zero attached hydrogens (tertiary/aromatic N) is 3. The molecule has 6 heteroatoms. The lowest BCUT2D eigenvalue weighted by atomic mass is 10.1. The zero-order valence-electron chi connectivity index (χ0n) is 15.7. The average Bonchev–Trinajstić information content (AvgIpc) is 3.13. The molecule has 3 heterocycles. The number of aromatic nitrogens is 2. The van der Waals surface area contributed by atoms with Crippen LogP contribution in [-0.4, -0.2) is 45.7 Å². The van der Waals surface area contributed by atoms with E-state index in [9.17, 15) is 5.11 Å². The topological polar surface area (TPSA) is 61.3 Å². The van der Waals surface area contributed by atoms with E-state index < -0.39 is 0 Å². The fourth-order valence-corrected chi connectivity index (χ4v) is 4.55. The Bertz CT molecular complexity index is 890. The molecule has 3 aromatic rings. The van der Waals surface area contributed by atoms with Gasteiger partial charge in [-0.1, -0.05) is 36.8 Å². The first-order chi connectivity index (χ1) is 13.2. The molecule has 1 aliphatic rings. The predicted octanol–water partition coefficient (Wildman–Crippen LogP) is 4.14.